The molecular formula is C20H24F3N7OS. The molecule has 1 aliphatic heterocycles. The molecule has 1 aliphatic carbocycles. The summed E-state index contributed by atoms with van der Waals surface area (Å²) in [5.41, 5.74) is 17.0. The van der Waals surface area contributed by atoms with Gasteiger partial charge in [0.05, 0.1) is 0 Å². The van der Waals surface area contributed by atoms with Crippen LogP contribution in [-0.4, -0.2) is 40.0 Å². The lowest BCUT2D eigenvalue weighted by Gasteiger charge is -2.45. The van der Waals surface area contributed by atoms with E-state index in [0.29, 0.717) is 24.9 Å². The first-order chi connectivity index (χ1) is 15.1. The number of aromatic nitrogens is 3. The molecule has 2 aromatic heterocycles. The van der Waals surface area contributed by atoms with Gasteiger partial charge < -0.3 is 22.1 Å². The zero-order valence-electron chi connectivity index (χ0n) is 17.2. The molecule has 1 saturated heterocycles. The Morgan fingerprint density at radius 3 is 2.56 bits per heavy atom. The molecule has 0 unspecified atom stereocenters. The number of pyridine rings is 1. The minimum absolute atomic E-state index is 0.0466. The first-order valence-electron chi connectivity index (χ1n) is 10.3. The smallest absolute Gasteiger partial charge is 0.381 e. The summed E-state index contributed by atoms with van der Waals surface area (Å²) < 4.78 is 39.9. The van der Waals surface area contributed by atoms with Crippen LogP contribution in [0.1, 0.15) is 48.3 Å². The highest BCUT2D eigenvalue weighted by Crippen LogP contribution is 2.46. The van der Waals surface area contributed by atoms with Gasteiger partial charge in [0.1, 0.15) is 5.03 Å². The molecule has 4 rings (SSSR count). The zero-order chi connectivity index (χ0) is 23.1. The second-order valence-electron chi connectivity index (χ2n) is 8.27. The van der Waals surface area contributed by atoms with Crippen molar-refractivity contribution in [3.63, 3.8) is 0 Å². The van der Waals surface area contributed by atoms with Gasteiger partial charge in [-0.15, -0.1) is 0 Å². The van der Waals surface area contributed by atoms with Gasteiger partial charge in [0, 0.05) is 30.2 Å². The van der Waals surface area contributed by atoms with E-state index in [1.165, 1.54) is 12.1 Å². The van der Waals surface area contributed by atoms with Crippen molar-refractivity contribution >= 4 is 29.3 Å². The molecular weight excluding hydrogens is 443 g/mol. The number of alkyl halides is 3. The van der Waals surface area contributed by atoms with E-state index in [0.717, 1.165) is 38.3 Å². The van der Waals surface area contributed by atoms with E-state index in [1.807, 2.05) is 4.90 Å². The number of nitrogen functional groups attached to an aromatic ring is 1. The second-order valence-corrected chi connectivity index (χ2v) is 9.30. The number of nitrogens with zero attached hydrogens (tertiary/aromatic N) is 4. The van der Waals surface area contributed by atoms with E-state index in [-0.39, 0.29) is 38.7 Å². The Morgan fingerprint density at radius 1 is 1.22 bits per heavy atom. The van der Waals surface area contributed by atoms with E-state index in [2.05, 4.69) is 15.0 Å². The monoisotopic (exact) mass is 467 g/mol. The standard InChI is InChI=1S/C20H24F3N7OS/c21-20(22,23)14-11(4-3-8-27-14)32-18-15(25)29-17(13(28-18)16(26)31)30-9-7-19(12(24)10-30)5-1-2-6-19/h3-4,8,12H,1-2,5-7,9-10,24H2,(H2,25,29)(H2,26,31)/t12-/m1/s1. The van der Waals surface area contributed by atoms with Crippen LogP contribution >= 0.6 is 11.8 Å². The van der Waals surface area contributed by atoms with Gasteiger partial charge in [-0.05, 0) is 36.8 Å². The van der Waals surface area contributed by atoms with E-state index in [4.69, 9.17) is 17.2 Å². The summed E-state index contributed by atoms with van der Waals surface area (Å²) in [6, 6.07) is 2.53. The minimum atomic E-state index is -4.65. The lowest BCUT2D eigenvalue weighted by molar-refractivity contribution is -0.143. The number of carbonyl (C=O) groups excluding carboxylic acids is 1. The molecule has 0 bridgehead atoms. The number of primary amides is 1. The Hall–Kier alpha value is -2.60. The molecule has 6 N–H and O–H groups in total. The van der Waals surface area contributed by atoms with Crippen molar-refractivity contribution in [2.45, 2.75) is 54.2 Å². The Labute approximate surface area is 187 Å². The molecule has 2 aromatic rings. The fraction of sp³-hybridized carbons (Fsp3) is 0.500. The number of piperidine rings is 1. The molecule has 1 atom stereocenters. The number of rotatable bonds is 4. The molecule has 1 amide bonds. The first kappa shape index (κ1) is 22.6. The fourth-order valence-corrected chi connectivity index (χ4v) is 5.54. The molecule has 1 spiro atoms. The molecule has 0 radical (unpaired) electrons. The van der Waals surface area contributed by atoms with Crippen LogP contribution in [0.2, 0.25) is 0 Å². The lowest BCUT2D eigenvalue weighted by Crippen LogP contribution is -2.55. The molecule has 172 valence electrons. The molecule has 2 fully saturated rings. The van der Waals surface area contributed by atoms with Crippen LogP contribution < -0.4 is 22.1 Å². The molecule has 8 nitrogen and oxygen atoms in total. The Kier molecular flexibility index (Phi) is 5.93. The minimum Gasteiger partial charge on any atom is -0.381 e. The number of carbonyl (C=O) groups is 1. The highest BCUT2D eigenvalue weighted by molar-refractivity contribution is 7.99. The Morgan fingerprint density at radius 2 is 1.94 bits per heavy atom. The topological polar surface area (TPSA) is 137 Å². The summed E-state index contributed by atoms with van der Waals surface area (Å²) in [5.74, 6) is -0.724. The van der Waals surface area contributed by atoms with Gasteiger partial charge in [0.2, 0.25) is 0 Å². The van der Waals surface area contributed by atoms with Gasteiger partial charge in [-0.25, -0.2) is 9.97 Å². The van der Waals surface area contributed by atoms with Crippen molar-refractivity contribution in [2.24, 2.45) is 16.9 Å². The van der Waals surface area contributed by atoms with Crippen molar-refractivity contribution in [1.82, 2.24) is 15.0 Å². The SMILES string of the molecule is NC(=O)c1nc(Sc2cccnc2C(F)(F)F)c(N)nc1N1CCC2(CCCC2)[C@H](N)C1. The molecule has 3 heterocycles. The summed E-state index contributed by atoms with van der Waals surface area (Å²) >= 11 is 0.638. The van der Waals surface area contributed by atoms with Gasteiger partial charge in [-0.1, -0.05) is 24.6 Å². The number of hydrogen-bond donors (Lipinski definition) is 3. The van der Waals surface area contributed by atoms with Gasteiger partial charge in [-0.3, -0.25) is 9.78 Å². The van der Waals surface area contributed by atoms with Crippen LogP contribution in [0.25, 0.3) is 0 Å². The van der Waals surface area contributed by atoms with Crippen LogP contribution in [0.5, 0.6) is 0 Å². The summed E-state index contributed by atoms with van der Waals surface area (Å²) in [7, 11) is 0. The van der Waals surface area contributed by atoms with Gasteiger partial charge >= 0.3 is 6.18 Å². The number of nitrogens with two attached hydrogens (primary N) is 3. The maximum absolute atomic E-state index is 13.3. The Bertz CT molecular complexity index is 1030. The molecule has 2 aliphatic rings. The van der Waals surface area contributed by atoms with Crippen molar-refractivity contribution in [2.75, 3.05) is 23.7 Å². The summed E-state index contributed by atoms with van der Waals surface area (Å²) in [6.45, 7) is 1.09. The van der Waals surface area contributed by atoms with Gasteiger partial charge in [-0.2, -0.15) is 13.2 Å². The summed E-state index contributed by atoms with van der Waals surface area (Å²) in [5, 5.41) is -0.0466. The third-order valence-electron chi connectivity index (χ3n) is 6.33. The fourth-order valence-electron chi connectivity index (χ4n) is 4.63. The predicted octanol–water partition coefficient (Wildman–Crippen LogP) is 2.82. The van der Waals surface area contributed by atoms with Crippen LogP contribution in [0.4, 0.5) is 24.8 Å². The lowest BCUT2D eigenvalue weighted by atomic mass is 9.73. The first-order valence-corrected chi connectivity index (χ1v) is 11.1. The third kappa shape index (κ3) is 4.20. The number of amides is 1. The highest BCUT2D eigenvalue weighted by Gasteiger charge is 2.44. The number of halogens is 3. The molecule has 32 heavy (non-hydrogen) atoms. The van der Waals surface area contributed by atoms with Crippen molar-refractivity contribution in [3.05, 3.63) is 29.7 Å². The third-order valence-corrected chi connectivity index (χ3v) is 7.38. The van der Waals surface area contributed by atoms with Crippen LogP contribution in [0.3, 0.4) is 0 Å². The Balaban J connectivity index is 1.65. The van der Waals surface area contributed by atoms with Gasteiger partial charge in [0.15, 0.2) is 23.0 Å². The quantitative estimate of drug-likeness (QED) is 0.624. The average Bonchev–Trinajstić information content (AvgIpc) is 3.20. The highest BCUT2D eigenvalue weighted by atomic mass is 32.2. The maximum Gasteiger partial charge on any atom is 0.434 e. The summed E-state index contributed by atoms with van der Waals surface area (Å²) in [4.78, 5) is 25.7. The van der Waals surface area contributed by atoms with Crippen LogP contribution in [0.15, 0.2) is 28.3 Å². The number of hydrogen-bond acceptors (Lipinski definition) is 8. The average molecular weight is 468 g/mol. The maximum atomic E-state index is 13.3. The van der Waals surface area contributed by atoms with Crippen molar-refractivity contribution < 1.29 is 18.0 Å². The summed E-state index contributed by atoms with van der Waals surface area (Å²) in [6.07, 6.45) is 1.74. The van der Waals surface area contributed by atoms with E-state index < -0.39 is 17.8 Å². The van der Waals surface area contributed by atoms with Crippen molar-refractivity contribution in [3.8, 4) is 0 Å². The van der Waals surface area contributed by atoms with E-state index >= 15 is 0 Å². The van der Waals surface area contributed by atoms with Crippen molar-refractivity contribution in [1.29, 1.82) is 0 Å². The van der Waals surface area contributed by atoms with Crippen LogP contribution in [0, 0.1) is 5.41 Å². The molecule has 1 saturated carbocycles. The van der Waals surface area contributed by atoms with Gasteiger partial charge in [0.25, 0.3) is 5.91 Å². The normalized spacial score (nSPS) is 20.6. The largest absolute Gasteiger partial charge is 0.434 e. The number of anilines is 2. The van der Waals surface area contributed by atoms with Crippen LogP contribution in [-0.2, 0) is 6.18 Å². The molecule has 12 heteroatoms. The zero-order valence-corrected chi connectivity index (χ0v) is 18.0. The second kappa shape index (κ2) is 8.39. The molecule has 0 aromatic carbocycles. The van der Waals surface area contributed by atoms with E-state index in [1.54, 1.807) is 0 Å². The van der Waals surface area contributed by atoms with E-state index in [9.17, 15) is 18.0 Å². The predicted molar refractivity (Wildman–Crippen MR) is 114 cm³/mol.